The molecule has 0 saturated carbocycles. The van der Waals surface area contributed by atoms with Gasteiger partial charge in [0.2, 0.25) is 5.91 Å². The van der Waals surface area contributed by atoms with Crippen LogP contribution in [0.5, 0.6) is 0 Å². The van der Waals surface area contributed by atoms with E-state index in [-0.39, 0.29) is 5.69 Å². The minimum absolute atomic E-state index is 0.350. The summed E-state index contributed by atoms with van der Waals surface area (Å²) in [6, 6.07) is 2.29. The lowest BCUT2D eigenvalue weighted by Gasteiger charge is -2.21. The molecule has 0 aliphatic heterocycles. The minimum Gasteiger partial charge on any atom is -0.368 e. The Morgan fingerprint density at radius 3 is 2.47 bits per heavy atom. The molecule has 0 heterocycles. The summed E-state index contributed by atoms with van der Waals surface area (Å²) >= 11 is 0. The van der Waals surface area contributed by atoms with Crippen molar-refractivity contribution in [2.75, 3.05) is 18.5 Å². The highest BCUT2D eigenvalue weighted by molar-refractivity contribution is 5.80. The van der Waals surface area contributed by atoms with Crippen molar-refractivity contribution in [3.8, 4) is 0 Å². The molecule has 0 atom stereocenters. The monoisotopic (exact) mass is 277 g/mol. The van der Waals surface area contributed by atoms with Crippen LogP contribution in [0.25, 0.3) is 0 Å². The van der Waals surface area contributed by atoms with Crippen LogP contribution in [0.1, 0.15) is 5.56 Å². The number of carbonyl (C=O) groups excluding carboxylic acids is 1. The van der Waals surface area contributed by atoms with Crippen LogP contribution in [-0.4, -0.2) is 24.4 Å². The molecule has 1 amide bonds. The number of hydrogen-bond donors (Lipinski definition) is 1. The van der Waals surface area contributed by atoms with Crippen LogP contribution in [0, 0.1) is 10.1 Å². The number of nitro groups is 1. The topological polar surface area (TPSA) is 89.5 Å². The average molecular weight is 277 g/mol. The van der Waals surface area contributed by atoms with Crippen LogP contribution in [0.3, 0.4) is 0 Å². The number of alkyl halides is 3. The van der Waals surface area contributed by atoms with E-state index in [0.29, 0.717) is 6.07 Å². The van der Waals surface area contributed by atoms with E-state index < -0.39 is 34.8 Å². The number of hydrogen-bond acceptors (Lipinski definition) is 4. The lowest BCUT2D eigenvalue weighted by atomic mass is 10.1. The molecule has 0 radical (unpaired) electrons. The molecule has 0 spiro atoms. The lowest BCUT2D eigenvalue weighted by Crippen LogP contribution is -2.31. The van der Waals surface area contributed by atoms with Gasteiger partial charge in [0.05, 0.1) is 17.0 Å². The number of likely N-dealkylation sites (N-methyl/N-ethyl adjacent to an activating group) is 1. The quantitative estimate of drug-likeness (QED) is 0.667. The van der Waals surface area contributed by atoms with Gasteiger partial charge in [-0.2, -0.15) is 13.2 Å². The molecule has 9 heteroatoms. The first-order valence-corrected chi connectivity index (χ1v) is 4.98. The number of primary amides is 1. The number of halogens is 3. The predicted octanol–water partition coefficient (Wildman–Crippen LogP) is 1.54. The Morgan fingerprint density at radius 2 is 2.05 bits per heavy atom. The van der Waals surface area contributed by atoms with Crippen LogP contribution >= 0.6 is 0 Å². The van der Waals surface area contributed by atoms with E-state index in [4.69, 9.17) is 5.73 Å². The molecule has 6 nitrogen and oxygen atoms in total. The fourth-order valence-electron chi connectivity index (χ4n) is 1.52. The summed E-state index contributed by atoms with van der Waals surface area (Å²) in [4.78, 5) is 21.3. The maximum absolute atomic E-state index is 12.8. The largest absolute Gasteiger partial charge is 0.418 e. The number of carbonyl (C=O) groups is 1. The molecule has 1 rings (SSSR count). The molecule has 104 valence electrons. The summed E-state index contributed by atoms with van der Waals surface area (Å²) in [5.41, 5.74) is 2.68. The zero-order chi connectivity index (χ0) is 14.8. The number of benzene rings is 1. The minimum atomic E-state index is -4.77. The van der Waals surface area contributed by atoms with Crippen molar-refractivity contribution >= 4 is 17.3 Å². The van der Waals surface area contributed by atoms with Crippen molar-refractivity contribution in [3.05, 3.63) is 33.9 Å². The first kappa shape index (κ1) is 14.7. The molecule has 0 saturated heterocycles. The van der Waals surface area contributed by atoms with E-state index in [1.807, 2.05) is 0 Å². The first-order valence-electron chi connectivity index (χ1n) is 4.98. The van der Waals surface area contributed by atoms with Crippen LogP contribution in [0.15, 0.2) is 18.2 Å². The molecular weight excluding hydrogens is 267 g/mol. The van der Waals surface area contributed by atoms with Crippen LogP contribution < -0.4 is 10.6 Å². The second-order valence-corrected chi connectivity index (χ2v) is 3.78. The van der Waals surface area contributed by atoms with E-state index in [0.717, 1.165) is 17.0 Å². The summed E-state index contributed by atoms with van der Waals surface area (Å²) in [6.07, 6.45) is -4.77. The van der Waals surface area contributed by atoms with Gasteiger partial charge in [0, 0.05) is 24.9 Å². The predicted molar refractivity (Wildman–Crippen MR) is 60.6 cm³/mol. The van der Waals surface area contributed by atoms with Crippen molar-refractivity contribution in [2.45, 2.75) is 6.18 Å². The van der Waals surface area contributed by atoms with Gasteiger partial charge in [0.15, 0.2) is 0 Å². The molecule has 0 bridgehead atoms. The number of nitro benzene ring substituents is 1. The standard InChI is InChI=1S/C10H10F3N3O3/c1-15(5-9(14)17)8-3-2-6(16(18)19)4-7(8)10(11,12)13/h2-4H,5H2,1H3,(H2,14,17). The smallest absolute Gasteiger partial charge is 0.368 e. The molecule has 0 unspecified atom stereocenters. The number of nitrogens with two attached hydrogens (primary N) is 1. The Kier molecular flexibility index (Phi) is 3.98. The third-order valence-corrected chi connectivity index (χ3v) is 2.30. The molecule has 1 aromatic rings. The van der Waals surface area contributed by atoms with Gasteiger partial charge >= 0.3 is 6.18 Å². The van der Waals surface area contributed by atoms with E-state index in [1.54, 1.807) is 0 Å². The SMILES string of the molecule is CN(CC(N)=O)c1ccc([N+](=O)[O-])cc1C(F)(F)F. The van der Waals surface area contributed by atoms with Crippen molar-refractivity contribution < 1.29 is 22.9 Å². The zero-order valence-corrected chi connectivity index (χ0v) is 9.77. The van der Waals surface area contributed by atoms with Crippen LogP contribution in [-0.2, 0) is 11.0 Å². The number of amides is 1. The van der Waals surface area contributed by atoms with Gasteiger partial charge < -0.3 is 10.6 Å². The van der Waals surface area contributed by atoms with Gasteiger partial charge in [-0.1, -0.05) is 0 Å². The second kappa shape index (κ2) is 5.12. The molecule has 1 aromatic carbocycles. The van der Waals surface area contributed by atoms with Gasteiger partial charge in [0.1, 0.15) is 0 Å². The van der Waals surface area contributed by atoms with Gasteiger partial charge in [-0.15, -0.1) is 0 Å². The molecule has 0 fully saturated rings. The van der Waals surface area contributed by atoms with Gasteiger partial charge in [0.25, 0.3) is 5.69 Å². The fourth-order valence-corrected chi connectivity index (χ4v) is 1.52. The van der Waals surface area contributed by atoms with Gasteiger partial charge in [-0.05, 0) is 6.07 Å². The number of nitrogens with zero attached hydrogens (tertiary/aromatic N) is 2. The van der Waals surface area contributed by atoms with E-state index in [9.17, 15) is 28.1 Å². The maximum atomic E-state index is 12.8. The number of non-ortho nitro benzene ring substituents is 1. The molecular formula is C10H10F3N3O3. The van der Waals surface area contributed by atoms with Crippen LogP contribution in [0.4, 0.5) is 24.5 Å². The Hall–Kier alpha value is -2.32. The molecule has 2 N–H and O–H groups in total. The Balaban J connectivity index is 3.31. The number of anilines is 1. The summed E-state index contributed by atoms with van der Waals surface area (Å²) in [5.74, 6) is -0.811. The van der Waals surface area contributed by atoms with Crippen molar-refractivity contribution in [2.24, 2.45) is 5.73 Å². The normalized spacial score (nSPS) is 11.2. The summed E-state index contributed by atoms with van der Waals surface area (Å²) < 4.78 is 38.5. The second-order valence-electron chi connectivity index (χ2n) is 3.78. The zero-order valence-electron chi connectivity index (χ0n) is 9.77. The summed E-state index contributed by atoms with van der Waals surface area (Å²) in [6.45, 7) is -0.430. The molecule has 19 heavy (non-hydrogen) atoms. The molecule has 0 aliphatic rings. The van der Waals surface area contributed by atoms with Gasteiger partial charge in [-0.25, -0.2) is 0 Å². The molecule has 0 aromatic heterocycles. The van der Waals surface area contributed by atoms with Crippen molar-refractivity contribution in [1.82, 2.24) is 0 Å². The highest BCUT2D eigenvalue weighted by Crippen LogP contribution is 2.38. The third-order valence-electron chi connectivity index (χ3n) is 2.30. The number of rotatable bonds is 4. The lowest BCUT2D eigenvalue weighted by molar-refractivity contribution is -0.385. The summed E-state index contributed by atoms with van der Waals surface area (Å²) in [5, 5.41) is 10.5. The Morgan fingerprint density at radius 1 is 1.47 bits per heavy atom. The maximum Gasteiger partial charge on any atom is 0.418 e. The summed E-state index contributed by atoms with van der Waals surface area (Å²) in [7, 11) is 1.24. The molecule has 0 aliphatic carbocycles. The van der Waals surface area contributed by atoms with Gasteiger partial charge in [-0.3, -0.25) is 14.9 Å². The van der Waals surface area contributed by atoms with E-state index in [1.165, 1.54) is 7.05 Å². The highest BCUT2D eigenvalue weighted by Gasteiger charge is 2.36. The fraction of sp³-hybridized carbons (Fsp3) is 0.300. The Bertz CT molecular complexity index is 516. The van der Waals surface area contributed by atoms with E-state index >= 15 is 0 Å². The third kappa shape index (κ3) is 3.57. The van der Waals surface area contributed by atoms with Crippen molar-refractivity contribution in [3.63, 3.8) is 0 Å². The average Bonchev–Trinajstić information content (AvgIpc) is 2.25. The highest BCUT2D eigenvalue weighted by atomic mass is 19.4. The van der Waals surface area contributed by atoms with Crippen LogP contribution in [0.2, 0.25) is 0 Å². The Labute approximate surface area is 105 Å². The first-order chi connectivity index (χ1) is 8.62. The van der Waals surface area contributed by atoms with Crippen molar-refractivity contribution in [1.29, 1.82) is 0 Å². The van der Waals surface area contributed by atoms with E-state index in [2.05, 4.69) is 0 Å².